The lowest BCUT2D eigenvalue weighted by atomic mass is 10.3. The first-order chi connectivity index (χ1) is 9.56. The summed E-state index contributed by atoms with van der Waals surface area (Å²) in [6.07, 6.45) is 1.41. The van der Waals surface area contributed by atoms with Crippen LogP contribution in [0.3, 0.4) is 0 Å². The maximum atomic E-state index is 11.5. The highest BCUT2D eigenvalue weighted by atomic mass is 32.2. The van der Waals surface area contributed by atoms with Gasteiger partial charge < -0.3 is 10.4 Å². The van der Waals surface area contributed by atoms with Gasteiger partial charge in [0.1, 0.15) is 5.25 Å². The molecule has 0 spiro atoms. The maximum absolute atomic E-state index is 11.5. The van der Waals surface area contributed by atoms with Crippen LogP contribution >= 0.6 is 11.8 Å². The Labute approximate surface area is 119 Å². The van der Waals surface area contributed by atoms with Crippen molar-refractivity contribution in [2.45, 2.75) is 18.6 Å². The summed E-state index contributed by atoms with van der Waals surface area (Å²) in [7, 11) is 0. The molecule has 0 saturated carbocycles. The molecule has 8 heteroatoms. The van der Waals surface area contributed by atoms with E-state index in [1.807, 2.05) is 6.07 Å². The van der Waals surface area contributed by atoms with Crippen LogP contribution < -0.4 is 5.32 Å². The Morgan fingerprint density at radius 3 is 3.00 bits per heavy atom. The predicted octanol–water partition coefficient (Wildman–Crippen LogP) is 0.868. The van der Waals surface area contributed by atoms with Gasteiger partial charge in [0.15, 0.2) is 5.17 Å². The zero-order valence-electron chi connectivity index (χ0n) is 10.6. The number of thioether (sulfide) groups is 1. The molecule has 0 bridgehead atoms. The molecule has 1 aliphatic heterocycles. The normalized spacial score (nSPS) is 21.1. The summed E-state index contributed by atoms with van der Waals surface area (Å²) in [6.45, 7) is 1.75. The molecule has 2 heterocycles. The minimum Gasteiger partial charge on any atom is -0.481 e. The second-order valence-electron chi connectivity index (χ2n) is 4.00. The van der Waals surface area contributed by atoms with Crippen molar-refractivity contribution in [1.82, 2.24) is 10.3 Å². The summed E-state index contributed by atoms with van der Waals surface area (Å²) < 4.78 is 0. The van der Waals surface area contributed by atoms with Crippen molar-refractivity contribution in [3.8, 4) is 0 Å². The Morgan fingerprint density at radius 2 is 2.35 bits per heavy atom. The van der Waals surface area contributed by atoms with Gasteiger partial charge in [0, 0.05) is 6.20 Å². The molecule has 20 heavy (non-hydrogen) atoms. The number of hydrogen-bond donors (Lipinski definition) is 2. The van der Waals surface area contributed by atoms with Crippen molar-refractivity contribution in [3.05, 3.63) is 30.1 Å². The molecule has 0 unspecified atom stereocenters. The van der Waals surface area contributed by atoms with Gasteiger partial charge in [-0.25, -0.2) is 0 Å². The van der Waals surface area contributed by atoms with Gasteiger partial charge >= 0.3 is 5.97 Å². The van der Waals surface area contributed by atoms with Crippen molar-refractivity contribution in [2.24, 2.45) is 10.2 Å². The van der Waals surface area contributed by atoms with E-state index in [9.17, 15) is 9.59 Å². The summed E-state index contributed by atoms with van der Waals surface area (Å²) in [5, 5.41) is 18.7. The number of amides is 1. The van der Waals surface area contributed by atoms with Crippen LogP contribution in [0.2, 0.25) is 0 Å². The number of aromatic nitrogens is 1. The number of carboxylic acids is 1. The van der Waals surface area contributed by atoms with Crippen LogP contribution in [0, 0.1) is 0 Å². The molecular formula is C12H12N4O3S. The highest BCUT2D eigenvalue weighted by molar-refractivity contribution is 8.15. The van der Waals surface area contributed by atoms with E-state index >= 15 is 0 Å². The van der Waals surface area contributed by atoms with Gasteiger partial charge in [-0.3, -0.25) is 14.6 Å². The second kappa shape index (κ2) is 6.29. The number of pyridine rings is 1. The summed E-state index contributed by atoms with van der Waals surface area (Å²) in [6, 6.07) is 5.43. The van der Waals surface area contributed by atoms with Crippen LogP contribution in [0.15, 0.2) is 34.6 Å². The number of aliphatic carboxylic acids is 1. The molecule has 104 valence electrons. The van der Waals surface area contributed by atoms with Gasteiger partial charge in [-0.2, -0.15) is 5.10 Å². The molecule has 1 amide bonds. The van der Waals surface area contributed by atoms with Gasteiger partial charge in [-0.1, -0.05) is 17.8 Å². The fraction of sp³-hybridized carbons (Fsp3) is 0.250. The van der Waals surface area contributed by atoms with Crippen molar-refractivity contribution >= 4 is 34.5 Å². The van der Waals surface area contributed by atoms with Crippen LogP contribution in [0.5, 0.6) is 0 Å². The van der Waals surface area contributed by atoms with Crippen molar-refractivity contribution in [3.63, 3.8) is 0 Å². The van der Waals surface area contributed by atoms with Crippen LogP contribution in [0.25, 0.3) is 0 Å². The monoisotopic (exact) mass is 292 g/mol. The Kier molecular flexibility index (Phi) is 4.46. The van der Waals surface area contributed by atoms with E-state index < -0.39 is 11.2 Å². The summed E-state index contributed by atoms with van der Waals surface area (Å²) >= 11 is 1.07. The van der Waals surface area contributed by atoms with Crippen LogP contribution in [0.4, 0.5) is 0 Å². The second-order valence-corrected chi connectivity index (χ2v) is 5.19. The molecule has 2 rings (SSSR count). The van der Waals surface area contributed by atoms with Gasteiger partial charge in [-0.05, 0) is 19.1 Å². The number of carbonyl (C=O) groups excluding carboxylic acids is 1. The molecule has 1 aliphatic rings. The molecule has 1 atom stereocenters. The van der Waals surface area contributed by atoms with Gasteiger partial charge in [0.2, 0.25) is 5.91 Å². The molecule has 2 N–H and O–H groups in total. The first-order valence-electron chi connectivity index (χ1n) is 5.79. The van der Waals surface area contributed by atoms with E-state index in [2.05, 4.69) is 20.5 Å². The van der Waals surface area contributed by atoms with Gasteiger partial charge in [-0.15, -0.1) is 5.10 Å². The molecule has 0 radical (unpaired) electrons. The molecule has 1 saturated heterocycles. The predicted molar refractivity (Wildman–Crippen MR) is 75.7 cm³/mol. The average Bonchev–Trinajstić information content (AvgIpc) is 2.77. The van der Waals surface area contributed by atoms with E-state index in [0.29, 0.717) is 16.6 Å². The quantitative estimate of drug-likeness (QED) is 0.633. The third kappa shape index (κ3) is 3.64. The topological polar surface area (TPSA) is 104 Å². The first kappa shape index (κ1) is 14.2. The zero-order chi connectivity index (χ0) is 14.5. The lowest BCUT2D eigenvalue weighted by molar-refractivity contribution is -0.138. The minimum absolute atomic E-state index is 0.238. The number of carbonyl (C=O) groups is 2. The summed E-state index contributed by atoms with van der Waals surface area (Å²) in [5.74, 6) is -1.38. The highest BCUT2D eigenvalue weighted by Gasteiger charge is 2.32. The zero-order valence-corrected chi connectivity index (χ0v) is 11.4. The molecule has 1 fully saturated rings. The number of amidine groups is 1. The van der Waals surface area contributed by atoms with Crippen molar-refractivity contribution in [1.29, 1.82) is 0 Å². The highest BCUT2D eigenvalue weighted by Crippen LogP contribution is 2.22. The Morgan fingerprint density at radius 1 is 1.55 bits per heavy atom. The number of carboxylic acid groups (broad SMARTS) is 1. The Hall–Kier alpha value is -2.22. The van der Waals surface area contributed by atoms with Crippen LogP contribution in [0.1, 0.15) is 19.0 Å². The van der Waals surface area contributed by atoms with Gasteiger partial charge in [0.05, 0.1) is 17.8 Å². The smallest absolute Gasteiger partial charge is 0.305 e. The molecular weight excluding hydrogens is 280 g/mol. The Balaban J connectivity index is 2.06. The Bertz CT molecular complexity index is 586. The fourth-order valence-electron chi connectivity index (χ4n) is 1.49. The average molecular weight is 292 g/mol. The summed E-state index contributed by atoms with van der Waals surface area (Å²) in [5.41, 5.74) is 1.29. The van der Waals surface area contributed by atoms with Crippen molar-refractivity contribution < 1.29 is 14.7 Å². The largest absolute Gasteiger partial charge is 0.481 e. The van der Waals surface area contributed by atoms with Crippen LogP contribution in [-0.4, -0.2) is 38.1 Å². The molecule has 0 aromatic carbocycles. The van der Waals surface area contributed by atoms with E-state index in [1.54, 1.807) is 25.3 Å². The van der Waals surface area contributed by atoms with Crippen LogP contribution in [-0.2, 0) is 9.59 Å². The first-order valence-corrected chi connectivity index (χ1v) is 6.67. The number of hydrogen-bond acceptors (Lipinski definition) is 6. The van der Waals surface area contributed by atoms with E-state index in [0.717, 1.165) is 11.8 Å². The number of nitrogens with one attached hydrogen (secondary N) is 1. The third-order valence-electron chi connectivity index (χ3n) is 2.46. The van der Waals surface area contributed by atoms with E-state index in [-0.39, 0.29) is 12.3 Å². The van der Waals surface area contributed by atoms with E-state index in [1.165, 1.54) is 0 Å². The van der Waals surface area contributed by atoms with Gasteiger partial charge in [0.25, 0.3) is 0 Å². The standard InChI is InChI=1S/C12H12N4O3S/c1-7(8-4-2-3-5-13-8)15-16-12-14-11(19)9(20-12)6-10(17)18/h2-5,9H,6H2,1H3,(H,17,18)(H,14,16,19)/b15-7-/t9-/m0/s1. The lowest BCUT2D eigenvalue weighted by Gasteiger charge is -1.98. The minimum atomic E-state index is -1.02. The number of rotatable bonds is 4. The molecule has 7 nitrogen and oxygen atoms in total. The molecule has 0 aliphatic carbocycles. The number of nitrogens with zero attached hydrogens (tertiary/aromatic N) is 3. The maximum Gasteiger partial charge on any atom is 0.305 e. The fourth-order valence-corrected chi connectivity index (χ4v) is 2.40. The third-order valence-corrected chi connectivity index (χ3v) is 3.54. The lowest BCUT2D eigenvalue weighted by Crippen LogP contribution is -2.26. The van der Waals surface area contributed by atoms with Crippen molar-refractivity contribution in [2.75, 3.05) is 0 Å². The van der Waals surface area contributed by atoms with E-state index in [4.69, 9.17) is 5.11 Å². The molecule has 1 aromatic rings. The summed E-state index contributed by atoms with van der Waals surface area (Å²) in [4.78, 5) is 26.2. The SMILES string of the molecule is C/C(=N/N=C1/NC(=O)[C@H](CC(=O)O)S1)c1ccccn1. The molecule has 1 aromatic heterocycles.